The van der Waals surface area contributed by atoms with Crippen LogP contribution in [-0.2, 0) is 12.8 Å². The average molecular weight is 286 g/mol. The van der Waals surface area contributed by atoms with Crippen LogP contribution < -0.4 is 5.32 Å². The quantitative estimate of drug-likeness (QED) is 0.911. The summed E-state index contributed by atoms with van der Waals surface area (Å²) >= 11 is 1.72. The van der Waals surface area contributed by atoms with E-state index in [1.165, 1.54) is 16.9 Å². The standard InChI is InChI=1S/C16H18N2OS/c1-10-3-5-12-13(9-20-14(12)7-10)16(19)18-15-6-4-11(2)8-17-15/h4,6,8-10H,3,5,7H2,1-2H3,(H,17,18,19)/t10-/m0/s1. The van der Waals surface area contributed by atoms with E-state index < -0.39 is 0 Å². The Morgan fingerprint density at radius 2 is 2.30 bits per heavy atom. The molecule has 1 N–H and O–H groups in total. The molecule has 0 spiro atoms. The first-order valence-corrected chi connectivity index (χ1v) is 7.84. The summed E-state index contributed by atoms with van der Waals surface area (Å²) in [5.74, 6) is 1.31. The number of anilines is 1. The summed E-state index contributed by atoms with van der Waals surface area (Å²) in [6, 6.07) is 3.79. The predicted octanol–water partition coefficient (Wildman–Crippen LogP) is 3.83. The first kappa shape index (κ1) is 13.3. The van der Waals surface area contributed by atoms with E-state index in [1.54, 1.807) is 17.5 Å². The van der Waals surface area contributed by atoms with E-state index in [9.17, 15) is 4.79 Å². The van der Waals surface area contributed by atoms with Gasteiger partial charge >= 0.3 is 0 Å². The van der Waals surface area contributed by atoms with E-state index in [0.717, 1.165) is 29.9 Å². The number of aryl methyl sites for hydroxylation is 1. The number of carbonyl (C=O) groups excluding carboxylic acids is 1. The van der Waals surface area contributed by atoms with E-state index in [-0.39, 0.29) is 5.91 Å². The zero-order valence-electron chi connectivity index (χ0n) is 11.8. The second-order valence-electron chi connectivity index (χ2n) is 5.57. The molecule has 0 saturated carbocycles. The van der Waals surface area contributed by atoms with Gasteiger partial charge in [-0.25, -0.2) is 4.98 Å². The molecule has 0 fully saturated rings. The minimum absolute atomic E-state index is 0.0339. The number of carbonyl (C=O) groups is 1. The van der Waals surface area contributed by atoms with E-state index >= 15 is 0 Å². The second-order valence-corrected chi connectivity index (χ2v) is 6.54. The molecule has 2 aromatic heterocycles. The Morgan fingerprint density at radius 1 is 1.45 bits per heavy atom. The summed E-state index contributed by atoms with van der Waals surface area (Å²) in [6.07, 6.45) is 5.06. The topological polar surface area (TPSA) is 42.0 Å². The largest absolute Gasteiger partial charge is 0.307 e. The van der Waals surface area contributed by atoms with Crippen molar-refractivity contribution in [1.82, 2.24) is 4.98 Å². The number of hydrogen-bond acceptors (Lipinski definition) is 3. The first-order valence-electron chi connectivity index (χ1n) is 6.96. The van der Waals surface area contributed by atoms with Crippen LogP contribution in [0.1, 0.15) is 39.7 Å². The minimum atomic E-state index is -0.0339. The van der Waals surface area contributed by atoms with Gasteiger partial charge in [-0.2, -0.15) is 0 Å². The van der Waals surface area contributed by atoms with Crippen molar-refractivity contribution in [3.05, 3.63) is 45.3 Å². The number of rotatable bonds is 2. The molecule has 0 aliphatic heterocycles. The number of aromatic nitrogens is 1. The molecule has 0 unspecified atom stereocenters. The lowest BCUT2D eigenvalue weighted by atomic mass is 9.88. The Labute approximate surface area is 123 Å². The molecule has 2 aromatic rings. The van der Waals surface area contributed by atoms with Crippen LogP contribution in [0.15, 0.2) is 23.7 Å². The molecule has 1 aliphatic carbocycles. The second kappa shape index (κ2) is 5.37. The molecular weight excluding hydrogens is 268 g/mol. The van der Waals surface area contributed by atoms with Gasteiger partial charge in [0.1, 0.15) is 5.82 Å². The minimum Gasteiger partial charge on any atom is -0.307 e. The molecule has 2 heterocycles. The molecule has 4 heteroatoms. The van der Waals surface area contributed by atoms with Crippen LogP contribution in [0.4, 0.5) is 5.82 Å². The van der Waals surface area contributed by atoms with Crippen molar-refractivity contribution in [1.29, 1.82) is 0 Å². The van der Waals surface area contributed by atoms with Gasteiger partial charge in [0.2, 0.25) is 0 Å². The van der Waals surface area contributed by atoms with Crippen molar-refractivity contribution < 1.29 is 4.79 Å². The predicted molar refractivity (Wildman–Crippen MR) is 82.4 cm³/mol. The Bertz CT molecular complexity index is 630. The summed E-state index contributed by atoms with van der Waals surface area (Å²) < 4.78 is 0. The molecule has 0 saturated heterocycles. The number of nitrogens with one attached hydrogen (secondary N) is 1. The van der Waals surface area contributed by atoms with Crippen LogP contribution in [0.5, 0.6) is 0 Å². The van der Waals surface area contributed by atoms with Crippen LogP contribution in [0, 0.1) is 12.8 Å². The molecule has 1 atom stereocenters. The number of nitrogens with zero attached hydrogens (tertiary/aromatic N) is 1. The molecule has 1 aliphatic rings. The van der Waals surface area contributed by atoms with E-state index in [4.69, 9.17) is 0 Å². The Morgan fingerprint density at radius 3 is 3.05 bits per heavy atom. The highest BCUT2D eigenvalue weighted by molar-refractivity contribution is 7.10. The van der Waals surface area contributed by atoms with Crippen molar-refractivity contribution >= 4 is 23.1 Å². The Hall–Kier alpha value is -1.68. The number of thiophene rings is 1. The van der Waals surface area contributed by atoms with E-state index in [2.05, 4.69) is 17.2 Å². The number of fused-ring (bicyclic) bond motifs is 1. The molecule has 104 valence electrons. The van der Waals surface area contributed by atoms with E-state index in [1.807, 2.05) is 24.4 Å². The fourth-order valence-corrected chi connectivity index (χ4v) is 3.84. The lowest BCUT2D eigenvalue weighted by Crippen LogP contribution is -2.17. The fourth-order valence-electron chi connectivity index (χ4n) is 2.59. The highest BCUT2D eigenvalue weighted by Gasteiger charge is 2.23. The summed E-state index contributed by atoms with van der Waals surface area (Å²) in [5, 5.41) is 4.88. The normalized spacial score (nSPS) is 17.6. The van der Waals surface area contributed by atoms with Crippen LogP contribution in [0.3, 0.4) is 0 Å². The third-order valence-corrected chi connectivity index (χ3v) is 4.85. The van der Waals surface area contributed by atoms with E-state index in [0.29, 0.717) is 5.82 Å². The van der Waals surface area contributed by atoms with Gasteiger partial charge in [-0.3, -0.25) is 4.79 Å². The van der Waals surface area contributed by atoms with Gasteiger partial charge in [0, 0.05) is 16.5 Å². The molecule has 3 rings (SSSR count). The third-order valence-electron chi connectivity index (χ3n) is 3.80. The number of amides is 1. The summed E-state index contributed by atoms with van der Waals surface area (Å²) in [4.78, 5) is 18.0. The van der Waals surface area contributed by atoms with Gasteiger partial charge in [0.15, 0.2) is 0 Å². The zero-order chi connectivity index (χ0) is 14.1. The number of hydrogen-bond donors (Lipinski definition) is 1. The number of pyridine rings is 1. The van der Waals surface area contributed by atoms with Gasteiger partial charge in [-0.15, -0.1) is 11.3 Å². The summed E-state index contributed by atoms with van der Waals surface area (Å²) in [6.45, 7) is 4.26. The molecule has 20 heavy (non-hydrogen) atoms. The molecular formula is C16H18N2OS. The molecule has 3 nitrogen and oxygen atoms in total. The lowest BCUT2D eigenvalue weighted by Gasteiger charge is -2.18. The van der Waals surface area contributed by atoms with Crippen molar-refractivity contribution in [2.45, 2.75) is 33.1 Å². The maximum atomic E-state index is 12.4. The van der Waals surface area contributed by atoms with Crippen LogP contribution in [-0.4, -0.2) is 10.9 Å². The Balaban J connectivity index is 1.79. The van der Waals surface area contributed by atoms with Gasteiger partial charge in [-0.1, -0.05) is 13.0 Å². The van der Waals surface area contributed by atoms with Crippen molar-refractivity contribution in [3.8, 4) is 0 Å². The van der Waals surface area contributed by atoms with Crippen molar-refractivity contribution in [3.63, 3.8) is 0 Å². The molecule has 0 bridgehead atoms. The molecule has 0 radical (unpaired) electrons. The van der Waals surface area contributed by atoms with Gasteiger partial charge in [0.05, 0.1) is 5.56 Å². The van der Waals surface area contributed by atoms with Crippen molar-refractivity contribution in [2.75, 3.05) is 5.32 Å². The van der Waals surface area contributed by atoms with Crippen LogP contribution in [0.25, 0.3) is 0 Å². The Kier molecular flexibility index (Phi) is 3.57. The van der Waals surface area contributed by atoms with Crippen LogP contribution >= 0.6 is 11.3 Å². The lowest BCUT2D eigenvalue weighted by molar-refractivity contribution is 0.102. The van der Waals surface area contributed by atoms with Gasteiger partial charge in [0.25, 0.3) is 5.91 Å². The fraction of sp³-hybridized carbons (Fsp3) is 0.375. The average Bonchev–Trinajstić information content (AvgIpc) is 2.84. The maximum absolute atomic E-state index is 12.4. The van der Waals surface area contributed by atoms with Gasteiger partial charge in [-0.05, 0) is 49.3 Å². The monoisotopic (exact) mass is 286 g/mol. The van der Waals surface area contributed by atoms with Gasteiger partial charge < -0.3 is 5.32 Å². The van der Waals surface area contributed by atoms with Crippen LogP contribution in [0.2, 0.25) is 0 Å². The summed E-state index contributed by atoms with van der Waals surface area (Å²) in [5.41, 5.74) is 3.17. The molecule has 0 aromatic carbocycles. The SMILES string of the molecule is Cc1ccc(NC(=O)c2csc3c2CC[C@H](C)C3)nc1. The maximum Gasteiger partial charge on any atom is 0.257 e. The summed E-state index contributed by atoms with van der Waals surface area (Å²) in [7, 11) is 0. The highest BCUT2D eigenvalue weighted by Crippen LogP contribution is 2.33. The zero-order valence-corrected chi connectivity index (χ0v) is 12.6. The highest BCUT2D eigenvalue weighted by atomic mass is 32.1. The first-order chi connectivity index (χ1) is 9.63. The molecule has 1 amide bonds. The van der Waals surface area contributed by atoms with Crippen molar-refractivity contribution in [2.24, 2.45) is 5.92 Å². The smallest absolute Gasteiger partial charge is 0.257 e. The third kappa shape index (κ3) is 2.61.